The van der Waals surface area contributed by atoms with Crippen LogP contribution >= 0.6 is 0 Å². The highest BCUT2D eigenvalue weighted by Crippen LogP contribution is 2.49. The Kier molecular flexibility index (Phi) is 5.80. The summed E-state index contributed by atoms with van der Waals surface area (Å²) in [6, 6.07) is 25.3. The number of nitrogens with zero attached hydrogens (tertiary/aromatic N) is 2. The maximum Gasteiger partial charge on any atom is 0.194 e. The van der Waals surface area contributed by atoms with Gasteiger partial charge in [-0.15, -0.1) is 0 Å². The molecule has 3 aromatic rings. The Balaban J connectivity index is 1.42. The van der Waals surface area contributed by atoms with Gasteiger partial charge in [0.15, 0.2) is 5.78 Å². The molecule has 6 rings (SSSR count). The molecule has 0 atom stereocenters. The topological polar surface area (TPSA) is 23.6 Å². The number of fused-ring (bicyclic) bond motifs is 3. The predicted octanol–water partition coefficient (Wildman–Crippen LogP) is 8.05. The maximum atomic E-state index is 13.9. The molecule has 2 heterocycles. The molecule has 196 valence electrons. The molecule has 0 spiro atoms. The Hall–Kier alpha value is -4.11. The van der Waals surface area contributed by atoms with E-state index in [-0.39, 0.29) is 16.6 Å². The van der Waals surface area contributed by atoms with Gasteiger partial charge in [-0.1, -0.05) is 88.4 Å². The molecule has 0 radical (unpaired) electrons. The highest BCUT2D eigenvalue weighted by Gasteiger charge is 2.40. The van der Waals surface area contributed by atoms with Gasteiger partial charge < -0.3 is 9.80 Å². The van der Waals surface area contributed by atoms with Gasteiger partial charge in [0.05, 0.1) is 0 Å². The molecule has 1 aliphatic carbocycles. The molecule has 0 unspecified atom stereocenters. The fourth-order valence-corrected chi connectivity index (χ4v) is 6.78. The molecule has 39 heavy (non-hydrogen) atoms. The monoisotopic (exact) mass is 512 g/mol. The fraction of sp³-hybridized carbons (Fsp3) is 0.250. The normalized spacial score (nSPS) is 22.8. The summed E-state index contributed by atoms with van der Waals surface area (Å²) in [6.07, 6.45) is 8.38. The van der Waals surface area contributed by atoms with Crippen LogP contribution in [0.25, 0.3) is 11.1 Å². The van der Waals surface area contributed by atoms with Crippen molar-refractivity contribution in [1.82, 2.24) is 0 Å². The van der Waals surface area contributed by atoms with Crippen molar-refractivity contribution in [2.45, 2.75) is 45.4 Å². The van der Waals surface area contributed by atoms with Gasteiger partial charge in [0.1, 0.15) is 0 Å². The molecule has 0 N–H and O–H groups in total. The van der Waals surface area contributed by atoms with Gasteiger partial charge in [-0.2, -0.15) is 0 Å². The summed E-state index contributed by atoms with van der Waals surface area (Å²) < 4.78 is 0. The summed E-state index contributed by atoms with van der Waals surface area (Å²) in [5, 5.41) is 0. The highest BCUT2D eigenvalue weighted by molar-refractivity contribution is 6.47. The molecule has 3 aliphatic rings. The Morgan fingerprint density at radius 2 is 1.10 bits per heavy atom. The Morgan fingerprint density at radius 3 is 1.67 bits per heavy atom. The number of hydrogen-bond donors (Lipinski definition) is 0. The third-order valence-corrected chi connectivity index (χ3v) is 8.87. The average Bonchev–Trinajstić information content (AvgIpc) is 3.41. The molecule has 0 saturated carbocycles. The first-order valence-electron chi connectivity index (χ1n) is 13.9. The van der Waals surface area contributed by atoms with Gasteiger partial charge in [0.25, 0.3) is 0 Å². The van der Waals surface area contributed by atoms with Crippen LogP contribution in [0.4, 0.5) is 11.4 Å². The van der Waals surface area contributed by atoms with Crippen LogP contribution in [-0.4, -0.2) is 19.4 Å². The molecule has 3 heteroatoms. The number of Topliss-reactive ketones (excluding diaryl/α,β-unsaturated/α-hetero) is 1. The fourth-order valence-electron chi connectivity index (χ4n) is 6.78. The zero-order valence-corrected chi connectivity index (χ0v) is 23.7. The van der Waals surface area contributed by atoms with Crippen LogP contribution in [0.15, 0.2) is 108 Å². The molecule has 3 aromatic carbocycles. The summed E-state index contributed by atoms with van der Waals surface area (Å²) >= 11 is 0. The van der Waals surface area contributed by atoms with Gasteiger partial charge in [0.2, 0.25) is 0 Å². The van der Waals surface area contributed by atoms with Crippen molar-refractivity contribution in [3.63, 3.8) is 0 Å². The van der Waals surface area contributed by atoms with E-state index in [4.69, 9.17) is 0 Å². The summed E-state index contributed by atoms with van der Waals surface area (Å²) in [6.45, 7) is 12.1. The second kappa shape index (κ2) is 8.98. The number of allylic oxidation sites excluding steroid dienone is 8. The third kappa shape index (κ3) is 3.67. The van der Waals surface area contributed by atoms with E-state index >= 15 is 0 Å². The van der Waals surface area contributed by atoms with Gasteiger partial charge in [-0.3, -0.25) is 4.79 Å². The molecular weight excluding hydrogens is 476 g/mol. The summed E-state index contributed by atoms with van der Waals surface area (Å²) in [7, 11) is 2.11. The minimum Gasteiger partial charge on any atom is -0.347 e. The van der Waals surface area contributed by atoms with Gasteiger partial charge in [-0.05, 0) is 65.6 Å². The summed E-state index contributed by atoms with van der Waals surface area (Å²) in [5.74, 6) is 0.0808. The molecule has 2 aliphatic heterocycles. The first-order valence-corrected chi connectivity index (χ1v) is 13.9. The van der Waals surface area contributed by atoms with Crippen LogP contribution in [0.5, 0.6) is 0 Å². The van der Waals surface area contributed by atoms with Gasteiger partial charge in [-0.25, -0.2) is 0 Å². The Labute approximate surface area is 232 Å². The van der Waals surface area contributed by atoms with Crippen LogP contribution in [0.2, 0.25) is 0 Å². The molecule has 0 fully saturated rings. The number of carbonyl (C=O) groups is 1. The number of likely N-dealkylation sites (N-methyl/N-ethyl adjacent to an activating group) is 2. The molecule has 0 aromatic heterocycles. The lowest BCUT2D eigenvalue weighted by Gasteiger charge is -2.26. The van der Waals surface area contributed by atoms with Crippen LogP contribution in [0.1, 0.15) is 56.9 Å². The van der Waals surface area contributed by atoms with Crippen LogP contribution in [-0.2, 0) is 15.6 Å². The minimum atomic E-state index is -0.140. The van der Waals surface area contributed by atoms with E-state index in [1.54, 1.807) is 0 Å². The SMILES string of the molecule is CCN1C(=CC=C2C(=O)C(=CC=C3N(C)c4ccccc4C3(C)C)c3ccccc32)C(C)(C)c2ccccc21. The maximum absolute atomic E-state index is 13.9. The number of benzene rings is 3. The number of para-hydroxylation sites is 2. The Morgan fingerprint density at radius 1 is 0.641 bits per heavy atom. The van der Waals surface area contributed by atoms with E-state index in [0.717, 1.165) is 28.8 Å². The lowest BCUT2D eigenvalue weighted by Crippen LogP contribution is -2.25. The van der Waals surface area contributed by atoms with Gasteiger partial charge >= 0.3 is 0 Å². The van der Waals surface area contributed by atoms with Crippen molar-refractivity contribution >= 4 is 28.3 Å². The highest BCUT2D eigenvalue weighted by atomic mass is 16.1. The summed E-state index contributed by atoms with van der Waals surface area (Å²) in [5.41, 5.74) is 10.7. The first kappa shape index (κ1) is 25.2. The summed E-state index contributed by atoms with van der Waals surface area (Å²) in [4.78, 5) is 18.6. The number of ketones is 1. The van der Waals surface area contributed by atoms with E-state index in [0.29, 0.717) is 0 Å². The Bertz CT molecular complexity index is 1630. The predicted molar refractivity (Wildman–Crippen MR) is 164 cm³/mol. The van der Waals surface area contributed by atoms with Crippen molar-refractivity contribution in [1.29, 1.82) is 0 Å². The molecule has 0 bridgehead atoms. The van der Waals surface area contributed by atoms with E-state index in [1.807, 2.05) is 24.3 Å². The van der Waals surface area contributed by atoms with Crippen molar-refractivity contribution in [2.24, 2.45) is 0 Å². The third-order valence-electron chi connectivity index (χ3n) is 8.87. The van der Waals surface area contributed by atoms with Gasteiger partial charge in [0, 0.05) is 58.3 Å². The van der Waals surface area contributed by atoms with Crippen LogP contribution in [0.3, 0.4) is 0 Å². The number of anilines is 2. The zero-order chi connectivity index (χ0) is 27.5. The molecular formula is C36H36N2O. The van der Waals surface area contributed by atoms with Crippen molar-refractivity contribution in [2.75, 3.05) is 23.4 Å². The van der Waals surface area contributed by atoms with E-state index < -0.39 is 0 Å². The van der Waals surface area contributed by atoms with Crippen molar-refractivity contribution in [3.8, 4) is 0 Å². The quantitative estimate of drug-likeness (QED) is 0.332. The number of hydrogen-bond acceptors (Lipinski definition) is 3. The largest absolute Gasteiger partial charge is 0.347 e. The second-order valence-corrected chi connectivity index (χ2v) is 11.7. The molecule has 3 nitrogen and oxygen atoms in total. The standard InChI is InChI=1S/C36H36N2O/c1-7-38-31-19-13-11-17-29(31)36(4,5)33(38)23-21-27-25-15-9-8-14-24(25)26(34(27)39)20-22-32-35(2,3)28-16-10-12-18-30(28)37(32)6/h8-23H,7H2,1-6H3. The number of rotatable bonds is 3. The van der Waals surface area contributed by atoms with E-state index in [1.165, 1.54) is 33.9 Å². The van der Waals surface area contributed by atoms with Crippen molar-refractivity contribution < 1.29 is 4.79 Å². The average molecular weight is 513 g/mol. The van der Waals surface area contributed by atoms with Crippen molar-refractivity contribution in [3.05, 3.63) is 131 Å². The molecule has 0 saturated heterocycles. The molecule has 0 amide bonds. The zero-order valence-electron chi connectivity index (χ0n) is 23.7. The second-order valence-electron chi connectivity index (χ2n) is 11.7. The lowest BCUT2D eigenvalue weighted by molar-refractivity contribution is -0.108. The smallest absolute Gasteiger partial charge is 0.194 e. The van der Waals surface area contributed by atoms with Crippen LogP contribution < -0.4 is 9.80 Å². The lowest BCUT2D eigenvalue weighted by atomic mass is 9.83. The first-order chi connectivity index (χ1) is 18.7. The minimum absolute atomic E-state index is 0.0808. The van der Waals surface area contributed by atoms with E-state index in [2.05, 4.69) is 124 Å². The van der Waals surface area contributed by atoms with E-state index in [9.17, 15) is 4.79 Å². The number of carbonyl (C=O) groups excluding carboxylic acids is 1. The van der Waals surface area contributed by atoms with Crippen LogP contribution in [0, 0.1) is 0 Å².